The molecule has 28 heavy (non-hydrogen) atoms. The number of aromatic nitrogens is 3. The van der Waals surface area contributed by atoms with E-state index < -0.39 is 0 Å². The number of carbonyl (C=O) groups excluding carboxylic acids is 1. The summed E-state index contributed by atoms with van der Waals surface area (Å²) in [6.07, 6.45) is 4.80. The summed E-state index contributed by atoms with van der Waals surface area (Å²) >= 11 is 0. The van der Waals surface area contributed by atoms with E-state index in [4.69, 9.17) is 0 Å². The van der Waals surface area contributed by atoms with E-state index in [0.29, 0.717) is 13.1 Å². The SMILES string of the molecule is CN=C(NCc1nnc(C)n1C)N1CCN(CC(=O)N2CCCCCC2)CC1. The van der Waals surface area contributed by atoms with Gasteiger partial charge in [0.15, 0.2) is 11.8 Å². The van der Waals surface area contributed by atoms with Crippen molar-refractivity contribution in [3.63, 3.8) is 0 Å². The molecule has 0 aromatic carbocycles. The lowest BCUT2D eigenvalue weighted by atomic mass is 10.2. The molecular formula is C19H34N8O. The Labute approximate surface area is 167 Å². The quantitative estimate of drug-likeness (QED) is 0.585. The molecule has 2 fully saturated rings. The molecule has 1 aromatic heterocycles. The molecular weight excluding hydrogens is 356 g/mol. The Hall–Kier alpha value is -2.16. The molecule has 0 radical (unpaired) electrons. The van der Waals surface area contributed by atoms with Crippen LogP contribution in [0, 0.1) is 6.92 Å². The molecule has 9 nitrogen and oxygen atoms in total. The minimum absolute atomic E-state index is 0.288. The number of aryl methyl sites for hydroxylation is 1. The number of likely N-dealkylation sites (tertiary alicyclic amines) is 1. The highest BCUT2D eigenvalue weighted by atomic mass is 16.2. The summed E-state index contributed by atoms with van der Waals surface area (Å²) in [5, 5.41) is 11.7. The zero-order valence-electron chi connectivity index (χ0n) is 17.5. The van der Waals surface area contributed by atoms with E-state index in [2.05, 4.69) is 35.2 Å². The third-order valence-corrected chi connectivity index (χ3v) is 5.79. The van der Waals surface area contributed by atoms with Gasteiger partial charge in [-0.25, -0.2) is 0 Å². The number of guanidine groups is 1. The Morgan fingerprint density at radius 1 is 1.00 bits per heavy atom. The van der Waals surface area contributed by atoms with Gasteiger partial charge in [-0.2, -0.15) is 0 Å². The number of rotatable bonds is 4. The predicted molar refractivity (Wildman–Crippen MR) is 109 cm³/mol. The Balaban J connectivity index is 1.44. The average molecular weight is 391 g/mol. The summed E-state index contributed by atoms with van der Waals surface area (Å²) in [6, 6.07) is 0. The van der Waals surface area contributed by atoms with E-state index in [0.717, 1.165) is 69.7 Å². The summed E-state index contributed by atoms with van der Waals surface area (Å²) in [7, 11) is 3.77. The number of nitrogens with zero attached hydrogens (tertiary/aromatic N) is 7. The lowest BCUT2D eigenvalue weighted by Crippen LogP contribution is -2.54. The molecule has 1 amide bonds. The minimum atomic E-state index is 0.288. The summed E-state index contributed by atoms with van der Waals surface area (Å²) in [5.41, 5.74) is 0. The summed E-state index contributed by atoms with van der Waals surface area (Å²) < 4.78 is 1.98. The highest BCUT2D eigenvalue weighted by Gasteiger charge is 2.23. The topological polar surface area (TPSA) is 81.9 Å². The number of carbonyl (C=O) groups is 1. The maximum atomic E-state index is 12.6. The Morgan fingerprint density at radius 2 is 1.68 bits per heavy atom. The Kier molecular flexibility index (Phi) is 7.24. The fourth-order valence-corrected chi connectivity index (χ4v) is 3.82. The molecule has 0 saturated carbocycles. The fraction of sp³-hybridized carbons (Fsp3) is 0.789. The van der Waals surface area contributed by atoms with Crippen molar-refractivity contribution < 1.29 is 4.79 Å². The lowest BCUT2D eigenvalue weighted by molar-refractivity contribution is -0.132. The molecule has 9 heteroatoms. The third-order valence-electron chi connectivity index (χ3n) is 5.79. The molecule has 0 spiro atoms. The number of amides is 1. The molecule has 3 rings (SSSR count). The average Bonchev–Trinajstić information content (AvgIpc) is 2.91. The third kappa shape index (κ3) is 5.21. The molecule has 2 aliphatic heterocycles. The minimum Gasteiger partial charge on any atom is -0.349 e. The van der Waals surface area contributed by atoms with E-state index in [1.807, 2.05) is 18.5 Å². The van der Waals surface area contributed by atoms with Gasteiger partial charge in [0, 0.05) is 53.4 Å². The van der Waals surface area contributed by atoms with Crippen molar-refractivity contribution in [2.24, 2.45) is 12.0 Å². The first-order valence-corrected chi connectivity index (χ1v) is 10.4. The Morgan fingerprint density at radius 3 is 2.25 bits per heavy atom. The zero-order valence-corrected chi connectivity index (χ0v) is 17.5. The van der Waals surface area contributed by atoms with E-state index in [-0.39, 0.29) is 5.91 Å². The summed E-state index contributed by atoms with van der Waals surface area (Å²) in [6.45, 7) is 8.42. The van der Waals surface area contributed by atoms with Gasteiger partial charge in [-0.05, 0) is 19.8 Å². The van der Waals surface area contributed by atoms with Crippen molar-refractivity contribution in [2.75, 3.05) is 52.9 Å². The molecule has 0 atom stereocenters. The van der Waals surface area contributed by atoms with Crippen LogP contribution >= 0.6 is 0 Å². The standard InChI is InChI=1S/C19H34N8O/c1-16-22-23-17(24(16)3)14-21-19(20-2)27-12-10-25(11-13-27)15-18(28)26-8-6-4-5-7-9-26/h4-15H2,1-3H3,(H,20,21). The number of hydrogen-bond donors (Lipinski definition) is 1. The van der Waals surface area contributed by atoms with Crippen molar-refractivity contribution in [2.45, 2.75) is 39.2 Å². The van der Waals surface area contributed by atoms with Gasteiger partial charge in [0.2, 0.25) is 5.91 Å². The second kappa shape index (κ2) is 9.86. The van der Waals surface area contributed by atoms with Crippen LogP contribution in [0.3, 0.4) is 0 Å². The smallest absolute Gasteiger partial charge is 0.236 e. The summed E-state index contributed by atoms with van der Waals surface area (Å²) in [5.74, 6) is 2.95. The first-order valence-electron chi connectivity index (χ1n) is 10.4. The lowest BCUT2D eigenvalue weighted by Gasteiger charge is -2.36. The first kappa shape index (κ1) is 20.6. The van der Waals surface area contributed by atoms with Crippen molar-refractivity contribution in [3.05, 3.63) is 11.6 Å². The molecule has 156 valence electrons. The highest BCUT2D eigenvalue weighted by molar-refractivity contribution is 5.80. The molecule has 3 heterocycles. The van der Waals surface area contributed by atoms with Crippen LogP contribution in [0.25, 0.3) is 0 Å². The van der Waals surface area contributed by atoms with Gasteiger partial charge >= 0.3 is 0 Å². The fourth-order valence-electron chi connectivity index (χ4n) is 3.82. The van der Waals surface area contributed by atoms with Gasteiger partial charge in [0.05, 0.1) is 13.1 Å². The number of piperazine rings is 1. The monoisotopic (exact) mass is 390 g/mol. The normalized spacial score (nSPS) is 19.6. The summed E-state index contributed by atoms with van der Waals surface area (Å²) in [4.78, 5) is 23.6. The molecule has 2 aliphatic rings. The molecule has 0 bridgehead atoms. The van der Waals surface area contributed by atoms with Crippen molar-refractivity contribution in [3.8, 4) is 0 Å². The van der Waals surface area contributed by atoms with Crippen LogP contribution in [0.4, 0.5) is 0 Å². The van der Waals surface area contributed by atoms with Crippen LogP contribution in [-0.2, 0) is 18.4 Å². The molecule has 0 unspecified atom stereocenters. The number of aliphatic imine (C=N–C) groups is 1. The van der Waals surface area contributed by atoms with Crippen LogP contribution in [0.2, 0.25) is 0 Å². The second-order valence-corrected chi connectivity index (χ2v) is 7.68. The zero-order chi connectivity index (χ0) is 19.9. The van der Waals surface area contributed by atoms with Gasteiger partial charge in [0.25, 0.3) is 0 Å². The maximum absolute atomic E-state index is 12.6. The van der Waals surface area contributed by atoms with Gasteiger partial charge < -0.3 is 19.7 Å². The van der Waals surface area contributed by atoms with Gasteiger partial charge in [-0.3, -0.25) is 14.7 Å². The largest absolute Gasteiger partial charge is 0.349 e. The van der Waals surface area contributed by atoms with Gasteiger partial charge in [0.1, 0.15) is 5.82 Å². The van der Waals surface area contributed by atoms with Crippen LogP contribution < -0.4 is 5.32 Å². The number of hydrogen-bond acceptors (Lipinski definition) is 5. The van der Waals surface area contributed by atoms with Crippen molar-refractivity contribution in [1.29, 1.82) is 0 Å². The van der Waals surface area contributed by atoms with Crippen molar-refractivity contribution in [1.82, 2.24) is 34.8 Å². The van der Waals surface area contributed by atoms with Crippen LogP contribution in [0.15, 0.2) is 4.99 Å². The second-order valence-electron chi connectivity index (χ2n) is 7.68. The van der Waals surface area contributed by atoms with E-state index in [9.17, 15) is 4.79 Å². The Bertz CT molecular complexity index is 669. The molecule has 1 aromatic rings. The number of nitrogens with one attached hydrogen (secondary N) is 1. The molecule has 2 saturated heterocycles. The molecule has 0 aliphatic carbocycles. The van der Waals surface area contributed by atoms with E-state index in [1.54, 1.807) is 7.05 Å². The van der Waals surface area contributed by atoms with Gasteiger partial charge in [-0.15, -0.1) is 10.2 Å². The van der Waals surface area contributed by atoms with Crippen LogP contribution in [0.5, 0.6) is 0 Å². The molecule has 1 N–H and O–H groups in total. The van der Waals surface area contributed by atoms with Crippen LogP contribution in [-0.4, -0.2) is 94.2 Å². The van der Waals surface area contributed by atoms with Gasteiger partial charge in [-0.1, -0.05) is 12.8 Å². The van der Waals surface area contributed by atoms with E-state index >= 15 is 0 Å². The highest BCUT2D eigenvalue weighted by Crippen LogP contribution is 2.11. The predicted octanol–water partition coefficient (Wildman–Crippen LogP) is 0.219. The van der Waals surface area contributed by atoms with E-state index in [1.165, 1.54) is 12.8 Å². The first-order chi connectivity index (χ1) is 13.6. The maximum Gasteiger partial charge on any atom is 0.236 e. The van der Waals surface area contributed by atoms with Crippen LogP contribution in [0.1, 0.15) is 37.3 Å². The van der Waals surface area contributed by atoms with Crippen molar-refractivity contribution >= 4 is 11.9 Å².